The van der Waals surface area contributed by atoms with Gasteiger partial charge in [0.15, 0.2) is 11.8 Å². The van der Waals surface area contributed by atoms with Crippen LogP contribution in [0.5, 0.6) is 0 Å². The summed E-state index contributed by atoms with van der Waals surface area (Å²) in [7, 11) is 0. The van der Waals surface area contributed by atoms with Crippen LogP contribution in [0, 0.1) is 5.92 Å². The molecule has 1 aromatic rings. The molecule has 7 heteroatoms. The van der Waals surface area contributed by atoms with Crippen LogP contribution in [0.4, 0.5) is 0 Å². The van der Waals surface area contributed by atoms with Crippen LogP contribution in [0.25, 0.3) is 0 Å². The summed E-state index contributed by atoms with van der Waals surface area (Å²) < 4.78 is 2.00. The minimum atomic E-state index is 0. The summed E-state index contributed by atoms with van der Waals surface area (Å²) in [5, 5.41) is 14.6. The van der Waals surface area contributed by atoms with E-state index in [1.165, 1.54) is 0 Å². The number of nitrogens with one attached hydrogen (secondary N) is 2. The van der Waals surface area contributed by atoms with Crippen LogP contribution in [-0.2, 0) is 13.1 Å². The van der Waals surface area contributed by atoms with Gasteiger partial charge in [-0.05, 0) is 26.7 Å². The number of hydrogen-bond donors (Lipinski definition) is 2. The number of hydrogen-bond acceptors (Lipinski definition) is 3. The molecule has 0 saturated heterocycles. The molecule has 116 valence electrons. The molecule has 0 aliphatic carbocycles. The van der Waals surface area contributed by atoms with Gasteiger partial charge >= 0.3 is 0 Å². The lowest BCUT2D eigenvalue weighted by Crippen LogP contribution is -2.44. The molecule has 0 fully saturated rings. The smallest absolute Gasteiger partial charge is 0.191 e. The molecule has 20 heavy (non-hydrogen) atoms. The van der Waals surface area contributed by atoms with E-state index in [0.717, 1.165) is 24.9 Å². The molecular formula is C13H27IN6. The molecule has 0 aliphatic heterocycles. The molecule has 0 spiro atoms. The monoisotopic (exact) mass is 394 g/mol. The van der Waals surface area contributed by atoms with Crippen molar-refractivity contribution in [1.82, 2.24) is 25.4 Å². The number of aryl methyl sites for hydroxylation is 1. The molecule has 0 amide bonds. The van der Waals surface area contributed by atoms with Gasteiger partial charge in [-0.15, -0.1) is 34.2 Å². The van der Waals surface area contributed by atoms with Gasteiger partial charge in [0.25, 0.3) is 0 Å². The Labute approximate surface area is 138 Å². The van der Waals surface area contributed by atoms with Crippen LogP contribution >= 0.6 is 24.0 Å². The highest BCUT2D eigenvalue weighted by atomic mass is 127. The third-order valence-electron chi connectivity index (χ3n) is 3.12. The van der Waals surface area contributed by atoms with E-state index in [1.807, 2.05) is 4.57 Å². The highest BCUT2D eigenvalue weighted by molar-refractivity contribution is 14.0. The maximum atomic E-state index is 4.56. The van der Waals surface area contributed by atoms with Gasteiger partial charge in [0, 0.05) is 19.1 Å². The largest absolute Gasteiger partial charge is 0.357 e. The van der Waals surface area contributed by atoms with Gasteiger partial charge in [-0.1, -0.05) is 13.8 Å². The number of rotatable bonds is 6. The zero-order valence-electron chi connectivity index (χ0n) is 13.1. The van der Waals surface area contributed by atoms with Gasteiger partial charge in [-0.25, -0.2) is 4.99 Å². The van der Waals surface area contributed by atoms with Crippen LogP contribution < -0.4 is 10.6 Å². The molecule has 0 aliphatic rings. The molecule has 1 heterocycles. The van der Waals surface area contributed by atoms with Crippen molar-refractivity contribution in [2.45, 2.75) is 53.8 Å². The molecule has 1 rings (SSSR count). The van der Waals surface area contributed by atoms with Crippen LogP contribution in [0.1, 0.15) is 40.4 Å². The molecule has 1 aromatic heterocycles. The predicted octanol–water partition coefficient (Wildman–Crippen LogP) is 2.02. The van der Waals surface area contributed by atoms with Crippen molar-refractivity contribution in [1.29, 1.82) is 0 Å². The number of aliphatic imine (C=N–C) groups is 1. The number of guanidine groups is 1. The number of aromatic nitrogens is 3. The SMILES string of the molecule is CCNC(=NCc1nncn1CC)NC(C)C(C)C.I. The van der Waals surface area contributed by atoms with E-state index in [0.29, 0.717) is 18.5 Å². The molecule has 2 N–H and O–H groups in total. The summed E-state index contributed by atoms with van der Waals surface area (Å²) in [6.07, 6.45) is 1.74. The van der Waals surface area contributed by atoms with Crippen molar-refractivity contribution in [2.24, 2.45) is 10.9 Å². The first kappa shape index (κ1) is 19.1. The molecule has 1 unspecified atom stereocenters. The first-order valence-electron chi connectivity index (χ1n) is 7.00. The average molecular weight is 394 g/mol. The van der Waals surface area contributed by atoms with Gasteiger partial charge < -0.3 is 15.2 Å². The molecule has 0 bridgehead atoms. The Morgan fingerprint density at radius 1 is 1.35 bits per heavy atom. The Kier molecular flexibility index (Phi) is 9.52. The van der Waals surface area contributed by atoms with Crippen LogP contribution in [-0.4, -0.2) is 33.3 Å². The highest BCUT2D eigenvalue weighted by Crippen LogP contribution is 2.00. The third kappa shape index (κ3) is 6.06. The zero-order valence-corrected chi connectivity index (χ0v) is 15.4. The quantitative estimate of drug-likeness (QED) is 0.440. The molecule has 0 saturated carbocycles. The van der Waals surface area contributed by atoms with Crippen LogP contribution in [0.2, 0.25) is 0 Å². The van der Waals surface area contributed by atoms with Crippen molar-refractivity contribution in [3.05, 3.63) is 12.2 Å². The van der Waals surface area contributed by atoms with E-state index in [1.54, 1.807) is 6.33 Å². The van der Waals surface area contributed by atoms with Crippen molar-refractivity contribution < 1.29 is 0 Å². The van der Waals surface area contributed by atoms with Crippen molar-refractivity contribution in [2.75, 3.05) is 6.54 Å². The Morgan fingerprint density at radius 3 is 2.60 bits per heavy atom. The summed E-state index contributed by atoms with van der Waals surface area (Å²) in [5.41, 5.74) is 0. The lowest BCUT2D eigenvalue weighted by atomic mass is 10.1. The van der Waals surface area contributed by atoms with Crippen LogP contribution in [0.15, 0.2) is 11.3 Å². The fourth-order valence-corrected chi connectivity index (χ4v) is 1.52. The van der Waals surface area contributed by atoms with Crippen molar-refractivity contribution in [3.63, 3.8) is 0 Å². The fraction of sp³-hybridized carbons (Fsp3) is 0.769. The minimum absolute atomic E-state index is 0. The second-order valence-corrected chi connectivity index (χ2v) is 4.91. The predicted molar refractivity (Wildman–Crippen MR) is 93.4 cm³/mol. The third-order valence-corrected chi connectivity index (χ3v) is 3.12. The lowest BCUT2D eigenvalue weighted by Gasteiger charge is -2.20. The molecule has 0 radical (unpaired) electrons. The highest BCUT2D eigenvalue weighted by Gasteiger charge is 2.09. The molecule has 0 aromatic carbocycles. The van der Waals surface area contributed by atoms with Gasteiger partial charge in [0.05, 0.1) is 0 Å². The van der Waals surface area contributed by atoms with Gasteiger partial charge in [0.2, 0.25) is 0 Å². The maximum Gasteiger partial charge on any atom is 0.191 e. The van der Waals surface area contributed by atoms with E-state index < -0.39 is 0 Å². The summed E-state index contributed by atoms with van der Waals surface area (Å²) in [4.78, 5) is 4.56. The summed E-state index contributed by atoms with van der Waals surface area (Å²) in [6.45, 7) is 12.9. The first-order chi connectivity index (χ1) is 9.08. The Morgan fingerprint density at radius 2 is 2.05 bits per heavy atom. The van der Waals surface area contributed by atoms with Gasteiger partial charge in [-0.3, -0.25) is 0 Å². The standard InChI is InChI=1S/C13H26N6.HI/c1-6-14-13(17-11(5)10(3)4)15-8-12-18-16-9-19(12)7-2;/h9-11H,6-8H2,1-5H3,(H2,14,15,17);1H. The number of nitrogens with zero attached hydrogens (tertiary/aromatic N) is 4. The molecular weight excluding hydrogens is 367 g/mol. The molecule has 6 nitrogen and oxygen atoms in total. The minimum Gasteiger partial charge on any atom is -0.357 e. The fourth-order valence-electron chi connectivity index (χ4n) is 1.52. The summed E-state index contributed by atoms with van der Waals surface area (Å²) in [5.74, 6) is 2.27. The maximum absolute atomic E-state index is 4.56. The van der Waals surface area contributed by atoms with E-state index in [2.05, 4.69) is 60.4 Å². The van der Waals surface area contributed by atoms with Crippen molar-refractivity contribution >= 4 is 29.9 Å². The van der Waals surface area contributed by atoms with E-state index >= 15 is 0 Å². The average Bonchev–Trinajstić information content (AvgIpc) is 2.83. The second kappa shape index (κ2) is 9.95. The van der Waals surface area contributed by atoms with E-state index in [9.17, 15) is 0 Å². The zero-order chi connectivity index (χ0) is 14.3. The van der Waals surface area contributed by atoms with Crippen LogP contribution in [0.3, 0.4) is 0 Å². The van der Waals surface area contributed by atoms with E-state index in [4.69, 9.17) is 0 Å². The van der Waals surface area contributed by atoms with E-state index in [-0.39, 0.29) is 24.0 Å². The summed E-state index contributed by atoms with van der Waals surface area (Å²) >= 11 is 0. The van der Waals surface area contributed by atoms with Gasteiger partial charge in [-0.2, -0.15) is 0 Å². The number of halogens is 1. The van der Waals surface area contributed by atoms with Gasteiger partial charge in [0.1, 0.15) is 12.9 Å². The normalized spacial score (nSPS) is 13.0. The summed E-state index contributed by atoms with van der Waals surface area (Å²) in [6, 6.07) is 0.377. The first-order valence-corrected chi connectivity index (χ1v) is 7.00. The Balaban J connectivity index is 0.00000361. The van der Waals surface area contributed by atoms with Crippen molar-refractivity contribution in [3.8, 4) is 0 Å². The topological polar surface area (TPSA) is 67.1 Å². The molecule has 1 atom stereocenters. The Bertz CT molecular complexity index is 401. The Hall–Kier alpha value is -0.860. The second-order valence-electron chi connectivity index (χ2n) is 4.91. The lowest BCUT2D eigenvalue weighted by molar-refractivity contribution is 0.480.